The van der Waals surface area contributed by atoms with Crippen LogP contribution in [0.4, 0.5) is 0 Å². The molecule has 1 aliphatic heterocycles. The zero-order valence-corrected chi connectivity index (χ0v) is 16.6. The van der Waals surface area contributed by atoms with Crippen molar-refractivity contribution in [3.05, 3.63) is 47.8 Å². The molecule has 8 nitrogen and oxygen atoms in total. The number of carboxylic acid groups (broad SMARTS) is 1. The first-order valence-electron chi connectivity index (χ1n) is 9.50. The van der Waals surface area contributed by atoms with Crippen LogP contribution in [-0.2, 0) is 4.79 Å². The van der Waals surface area contributed by atoms with Crippen LogP contribution < -0.4 is 9.47 Å². The number of likely N-dealkylation sites (tertiary alicyclic amines) is 1. The van der Waals surface area contributed by atoms with Crippen LogP contribution in [0, 0.1) is 0 Å². The number of aromatic nitrogens is 2. The summed E-state index contributed by atoms with van der Waals surface area (Å²) in [6.45, 7) is 3.03. The molecule has 1 aromatic heterocycles. The summed E-state index contributed by atoms with van der Waals surface area (Å²) in [5.41, 5.74) is 1.17. The van der Waals surface area contributed by atoms with E-state index in [9.17, 15) is 9.59 Å². The average Bonchev–Trinajstić information content (AvgIpc) is 3.23. The van der Waals surface area contributed by atoms with E-state index < -0.39 is 5.97 Å². The second-order valence-electron chi connectivity index (χ2n) is 6.83. The number of piperidine rings is 1. The maximum atomic E-state index is 12.5. The molecule has 2 heterocycles. The number of aromatic carboxylic acids is 1. The van der Waals surface area contributed by atoms with E-state index in [-0.39, 0.29) is 24.1 Å². The molecule has 0 bridgehead atoms. The molecular formula is C21H25N3O5. The fraction of sp³-hybridized carbons (Fsp3) is 0.381. The van der Waals surface area contributed by atoms with Crippen LogP contribution in [0.1, 0.15) is 41.7 Å². The van der Waals surface area contributed by atoms with E-state index in [0.29, 0.717) is 37.4 Å². The normalized spacial score (nSPS) is 14.9. The molecule has 0 radical (unpaired) electrons. The lowest BCUT2D eigenvalue weighted by Gasteiger charge is -2.32. The van der Waals surface area contributed by atoms with Gasteiger partial charge in [0.1, 0.15) is 0 Å². The Hall–Kier alpha value is -3.29. The molecule has 8 heteroatoms. The fourth-order valence-electron chi connectivity index (χ4n) is 3.36. The van der Waals surface area contributed by atoms with Crippen LogP contribution in [0.3, 0.4) is 0 Å². The van der Waals surface area contributed by atoms with Gasteiger partial charge < -0.3 is 19.5 Å². The Kier molecular flexibility index (Phi) is 6.54. The van der Waals surface area contributed by atoms with Crippen molar-refractivity contribution in [3.63, 3.8) is 0 Å². The highest BCUT2D eigenvalue weighted by Crippen LogP contribution is 2.29. The summed E-state index contributed by atoms with van der Waals surface area (Å²) in [6.07, 6.45) is 8.22. The van der Waals surface area contributed by atoms with Gasteiger partial charge in [0.2, 0.25) is 0 Å². The second-order valence-corrected chi connectivity index (χ2v) is 6.83. The number of methoxy groups -OCH3 is 1. The van der Waals surface area contributed by atoms with Crippen LogP contribution in [0.15, 0.2) is 36.7 Å². The van der Waals surface area contributed by atoms with Crippen molar-refractivity contribution in [2.75, 3.05) is 26.8 Å². The first-order chi connectivity index (χ1) is 14.0. The van der Waals surface area contributed by atoms with Gasteiger partial charge >= 0.3 is 5.97 Å². The summed E-state index contributed by atoms with van der Waals surface area (Å²) in [5, 5.41) is 13.1. The first-order valence-corrected chi connectivity index (χ1v) is 9.50. The van der Waals surface area contributed by atoms with Crippen molar-refractivity contribution < 1.29 is 24.2 Å². The number of allylic oxidation sites excluding steroid dienone is 1. The molecule has 1 N–H and O–H groups in total. The molecular weight excluding hydrogens is 374 g/mol. The van der Waals surface area contributed by atoms with E-state index in [1.54, 1.807) is 22.8 Å². The zero-order valence-electron chi connectivity index (χ0n) is 16.6. The zero-order chi connectivity index (χ0) is 20.8. The standard InChI is InChI=1S/C21H25N3O5/c1-3-4-15-5-6-18(19(11-15)28-2)29-14-20(25)23-9-7-17(8-10-23)24-13-16(12-22-24)21(26)27/h3-6,11-13,17H,7-10,14H2,1-2H3,(H,26,27)/b4-3+. The van der Waals surface area contributed by atoms with Gasteiger partial charge in [-0.15, -0.1) is 0 Å². The monoisotopic (exact) mass is 399 g/mol. The Morgan fingerprint density at radius 2 is 2.03 bits per heavy atom. The quantitative estimate of drug-likeness (QED) is 0.769. The van der Waals surface area contributed by atoms with Crippen LogP contribution in [0.25, 0.3) is 6.08 Å². The minimum atomic E-state index is -0.991. The third-order valence-corrected chi connectivity index (χ3v) is 4.94. The Morgan fingerprint density at radius 3 is 2.66 bits per heavy atom. The molecule has 0 aliphatic carbocycles. The molecule has 2 aromatic rings. The highest BCUT2D eigenvalue weighted by Gasteiger charge is 2.25. The van der Waals surface area contributed by atoms with E-state index >= 15 is 0 Å². The molecule has 0 spiro atoms. The van der Waals surface area contributed by atoms with E-state index in [4.69, 9.17) is 14.6 Å². The molecule has 0 saturated carbocycles. The minimum absolute atomic E-state index is 0.0606. The van der Waals surface area contributed by atoms with Gasteiger partial charge in [-0.1, -0.05) is 18.2 Å². The smallest absolute Gasteiger partial charge is 0.338 e. The average molecular weight is 399 g/mol. The van der Waals surface area contributed by atoms with Crippen LogP contribution in [-0.4, -0.2) is 58.5 Å². The number of carboxylic acids is 1. The van der Waals surface area contributed by atoms with Crippen molar-refractivity contribution in [3.8, 4) is 11.5 Å². The Bertz CT molecular complexity index is 897. The molecule has 0 unspecified atom stereocenters. The molecule has 1 aromatic carbocycles. The number of carbonyl (C=O) groups is 2. The number of ether oxygens (including phenoxy) is 2. The minimum Gasteiger partial charge on any atom is -0.493 e. The van der Waals surface area contributed by atoms with Crippen LogP contribution >= 0.6 is 0 Å². The number of hydrogen-bond donors (Lipinski definition) is 1. The van der Waals surface area contributed by atoms with Gasteiger partial charge in [0.15, 0.2) is 18.1 Å². The Morgan fingerprint density at radius 1 is 1.28 bits per heavy atom. The van der Waals surface area contributed by atoms with Gasteiger partial charge in [-0.25, -0.2) is 4.79 Å². The van der Waals surface area contributed by atoms with Gasteiger partial charge in [-0.3, -0.25) is 9.48 Å². The summed E-state index contributed by atoms with van der Waals surface area (Å²) < 4.78 is 12.7. The number of rotatable bonds is 7. The van der Waals surface area contributed by atoms with E-state index in [1.807, 2.05) is 31.2 Å². The second kappa shape index (κ2) is 9.27. The van der Waals surface area contributed by atoms with Crippen molar-refractivity contribution in [1.82, 2.24) is 14.7 Å². The number of carbonyl (C=O) groups excluding carboxylic acids is 1. The van der Waals surface area contributed by atoms with Crippen molar-refractivity contribution in [2.45, 2.75) is 25.8 Å². The van der Waals surface area contributed by atoms with Gasteiger partial charge in [0, 0.05) is 19.3 Å². The van der Waals surface area contributed by atoms with E-state index in [1.165, 1.54) is 12.4 Å². The topological polar surface area (TPSA) is 93.9 Å². The number of amides is 1. The highest BCUT2D eigenvalue weighted by molar-refractivity contribution is 5.86. The van der Waals surface area contributed by atoms with Crippen molar-refractivity contribution in [1.29, 1.82) is 0 Å². The van der Waals surface area contributed by atoms with Gasteiger partial charge in [0.05, 0.1) is 24.9 Å². The molecule has 0 atom stereocenters. The Labute approximate surface area is 169 Å². The first kappa shape index (κ1) is 20.4. The maximum Gasteiger partial charge on any atom is 0.338 e. The van der Waals surface area contributed by atoms with Gasteiger partial charge in [-0.2, -0.15) is 5.10 Å². The largest absolute Gasteiger partial charge is 0.493 e. The van der Waals surface area contributed by atoms with Crippen molar-refractivity contribution in [2.24, 2.45) is 0 Å². The Balaban J connectivity index is 1.53. The summed E-state index contributed by atoms with van der Waals surface area (Å²) in [4.78, 5) is 25.3. The van der Waals surface area contributed by atoms with Crippen LogP contribution in [0.2, 0.25) is 0 Å². The lowest BCUT2D eigenvalue weighted by Crippen LogP contribution is -2.41. The third kappa shape index (κ3) is 4.96. The molecule has 154 valence electrons. The molecule has 1 amide bonds. The number of benzene rings is 1. The molecule has 29 heavy (non-hydrogen) atoms. The fourth-order valence-corrected chi connectivity index (χ4v) is 3.36. The summed E-state index contributed by atoms with van der Waals surface area (Å²) >= 11 is 0. The molecule has 1 saturated heterocycles. The lowest BCUT2D eigenvalue weighted by molar-refractivity contribution is -0.134. The van der Waals surface area contributed by atoms with Gasteiger partial charge in [-0.05, 0) is 37.5 Å². The molecule has 1 fully saturated rings. The van der Waals surface area contributed by atoms with Crippen LogP contribution in [0.5, 0.6) is 11.5 Å². The predicted octanol–water partition coefficient (Wildman–Crippen LogP) is 2.87. The number of hydrogen-bond acceptors (Lipinski definition) is 5. The molecule has 3 rings (SSSR count). The van der Waals surface area contributed by atoms with Gasteiger partial charge in [0.25, 0.3) is 5.91 Å². The number of nitrogens with zero attached hydrogens (tertiary/aromatic N) is 3. The van der Waals surface area contributed by atoms with E-state index in [0.717, 1.165) is 5.56 Å². The third-order valence-electron chi connectivity index (χ3n) is 4.94. The lowest BCUT2D eigenvalue weighted by atomic mass is 10.1. The van der Waals surface area contributed by atoms with E-state index in [2.05, 4.69) is 5.10 Å². The van der Waals surface area contributed by atoms with Crippen molar-refractivity contribution >= 4 is 18.0 Å². The predicted molar refractivity (Wildman–Crippen MR) is 107 cm³/mol. The SMILES string of the molecule is C/C=C/c1ccc(OCC(=O)N2CCC(n3cc(C(=O)O)cn3)CC2)c(OC)c1. The summed E-state index contributed by atoms with van der Waals surface area (Å²) in [5.74, 6) is 0.0340. The molecule has 1 aliphatic rings. The maximum absolute atomic E-state index is 12.5. The summed E-state index contributed by atoms with van der Waals surface area (Å²) in [7, 11) is 1.57. The summed E-state index contributed by atoms with van der Waals surface area (Å²) in [6, 6.07) is 5.66. The highest BCUT2D eigenvalue weighted by atomic mass is 16.5.